The van der Waals surface area contributed by atoms with Crippen LogP contribution in [0.3, 0.4) is 0 Å². The molecule has 0 fully saturated rings. The second-order valence-corrected chi connectivity index (χ2v) is 5.56. The lowest BCUT2D eigenvalue weighted by molar-refractivity contribution is -0.137. The van der Waals surface area contributed by atoms with Gasteiger partial charge in [-0.3, -0.25) is 0 Å². The van der Waals surface area contributed by atoms with Crippen molar-refractivity contribution in [3.05, 3.63) is 64.9 Å². The molecular weight excluding hydrogens is 363 g/mol. The SMILES string of the molecule is COc1cc(/C=C2\N=C(c3ccc(C(F)(F)F)cc3)OC2=O)cc(OC)c1. The van der Waals surface area contributed by atoms with Crippen LogP contribution >= 0.6 is 0 Å². The van der Waals surface area contributed by atoms with Gasteiger partial charge in [-0.25, -0.2) is 9.79 Å². The molecule has 27 heavy (non-hydrogen) atoms. The third kappa shape index (κ3) is 4.11. The predicted molar refractivity (Wildman–Crippen MR) is 91.6 cm³/mol. The van der Waals surface area contributed by atoms with Crippen molar-refractivity contribution in [2.24, 2.45) is 4.99 Å². The van der Waals surface area contributed by atoms with Gasteiger partial charge in [-0.15, -0.1) is 0 Å². The first kappa shape index (κ1) is 18.5. The molecule has 0 aliphatic carbocycles. The average Bonchev–Trinajstić information content (AvgIpc) is 3.01. The van der Waals surface area contributed by atoms with E-state index in [1.54, 1.807) is 18.2 Å². The van der Waals surface area contributed by atoms with Crippen molar-refractivity contribution in [3.8, 4) is 11.5 Å². The lowest BCUT2D eigenvalue weighted by Crippen LogP contribution is -2.08. The van der Waals surface area contributed by atoms with Gasteiger partial charge in [0.05, 0.1) is 19.8 Å². The monoisotopic (exact) mass is 377 g/mol. The van der Waals surface area contributed by atoms with E-state index in [2.05, 4.69) is 4.99 Å². The van der Waals surface area contributed by atoms with E-state index in [0.29, 0.717) is 17.1 Å². The minimum atomic E-state index is -4.44. The summed E-state index contributed by atoms with van der Waals surface area (Å²) in [5, 5.41) is 0. The van der Waals surface area contributed by atoms with Crippen LogP contribution in [0.1, 0.15) is 16.7 Å². The predicted octanol–water partition coefficient (Wildman–Crippen LogP) is 4.07. The van der Waals surface area contributed by atoms with Gasteiger partial charge in [0.25, 0.3) is 0 Å². The van der Waals surface area contributed by atoms with Crippen LogP contribution < -0.4 is 9.47 Å². The molecule has 0 atom stereocenters. The zero-order chi connectivity index (χ0) is 19.6. The highest BCUT2D eigenvalue weighted by Gasteiger charge is 2.31. The normalized spacial score (nSPS) is 15.5. The van der Waals surface area contributed by atoms with E-state index in [1.807, 2.05) is 0 Å². The molecule has 0 amide bonds. The Kier molecular flexibility index (Phi) is 4.89. The van der Waals surface area contributed by atoms with Crippen LogP contribution in [-0.4, -0.2) is 26.1 Å². The lowest BCUT2D eigenvalue weighted by Gasteiger charge is -2.06. The van der Waals surface area contributed by atoms with E-state index < -0.39 is 17.7 Å². The second-order valence-electron chi connectivity index (χ2n) is 5.56. The first-order valence-electron chi connectivity index (χ1n) is 7.73. The Labute approximate surface area is 152 Å². The van der Waals surface area contributed by atoms with Gasteiger partial charge in [-0.2, -0.15) is 13.2 Å². The second kappa shape index (κ2) is 7.14. The van der Waals surface area contributed by atoms with Crippen molar-refractivity contribution in [1.29, 1.82) is 0 Å². The summed E-state index contributed by atoms with van der Waals surface area (Å²) in [6.07, 6.45) is -2.96. The molecule has 0 radical (unpaired) electrons. The third-order valence-corrected chi connectivity index (χ3v) is 3.76. The van der Waals surface area contributed by atoms with Crippen LogP contribution in [0.4, 0.5) is 13.2 Å². The number of benzene rings is 2. The summed E-state index contributed by atoms with van der Waals surface area (Å²) in [4.78, 5) is 16.1. The fourth-order valence-corrected chi connectivity index (χ4v) is 2.41. The number of aliphatic imine (C=N–C) groups is 1. The van der Waals surface area contributed by atoms with Gasteiger partial charge in [0.2, 0.25) is 5.90 Å². The maximum absolute atomic E-state index is 12.6. The summed E-state index contributed by atoms with van der Waals surface area (Å²) in [7, 11) is 2.99. The largest absolute Gasteiger partial charge is 0.497 e. The molecule has 0 unspecified atom stereocenters. The van der Waals surface area contributed by atoms with Crippen LogP contribution in [0.25, 0.3) is 6.08 Å². The molecule has 8 heteroatoms. The Morgan fingerprint density at radius 1 is 1.00 bits per heavy atom. The first-order valence-corrected chi connectivity index (χ1v) is 7.73. The van der Waals surface area contributed by atoms with Crippen molar-refractivity contribution in [1.82, 2.24) is 0 Å². The minimum absolute atomic E-state index is 0.0141. The zero-order valence-corrected chi connectivity index (χ0v) is 14.3. The van der Waals surface area contributed by atoms with Crippen molar-refractivity contribution < 1.29 is 32.2 Å². The number of carbonyl (C=O) groups excluding carboxylic acids is 1. The number of hydrogen-bond acceptors (Lipinski definition) is 5. The first-order chi connectivity index (χ1) is 12.8. The molecule has 1 aliphatic heterocycles. The number of nitrogens with zero attached hydrogens (tertiary/aromatic N) is 1. The number of rotatable bonds is 4. The quantitative estimate of drug-likeness (QED) is 0.595. The van der Waals surface area contributed by atoms with Crippen molar-refractivity contribution in [2.45, 2.75) is 6.18 Å². The van der Waals surface area contributed by atoms with Crippen molar-refractivity contribution in [3.63, 3.8) is 0 Å². The highest BCUT2D eigenvalue weighted by atomic mass is 19.4. The van der Waals surface area contributed by atoms with Crippen LogP contribution in [0.2, 0.25) is 0 Å². The molecule has 3 rings (SSSR count). The average molecular weight is 377 g/mol. The summed E-state index contributed by atoms with van der Waals surface area (Å²) >= 11 is 0. The number of methoxy groups -OCH3 is 2. The van der Waals surface area contributed by atoms with Crippen molar-refractivity contribution in [2.75, 3.05) is 14.2 Å². The van der Waals surface area contributed by atoms with Crippen LogP contribution in [-0.2, 0) is 15.7 Å². The standard InChI is InChI=1S/C19H14F3NO4/c1-25-14-7-11(8-15(10-14)26-2)9-16-18(24)27-17(23-16)12-3-5-13(6-4-12)19(20,21)22/h3-10H,1-2H3/b16-9-. The van der Waals surface area contributed by atoms with E-state index in [9.17, 15) is 18.0 Å². The number of cyclic esters (lactones) is 1. The van der Waals surface area contributed by atoms with Crippen LogP contribution in [0.5, 0.6) is 11.5 Å². The molecule has 2 aromatic carbocycles. The Morgan fingerprint density at radius 2 is 1.59 bits per heavy atom. The van der Waals surface area contributed by atoms with Gasteiger partial charge in [0.1, 0.15) is 11.5 Å². The van der Waals surface area contributed by atoms with Crippen molar-refractivity contribution >= 4 is 17.9 Å². The smallest absolute Gasteiger partial charge is 0.416 e. The highest BCUT2D eigenvalue weighted by molar-refractivity contribution is 6.12. The van der Waals surface area contributed by atoms with E-state index in [4.69, 9.17) is 14.2 Å². The Bertz CT molecular complexity index is 909. The fraction of sp³-hybridized carbons (Fsp3) is 0.158. The number of carbonyl (C=O) groups is 1. The molecule has 0 saturated heterocycles. The fourth-order valence-electron chi connectivity index (χ4n) is 2.41. The molecule has 0 bridgehead atoms. The molecule has 1 heterocycles. The van der Waals surface area contributed by atoms with Gasteiger partial charge in [-0.05, 0) is 48.0 Å². The topological polar surface area (TPSA) is 57.1 Å². The lowest BCUT2D eigenvalue weighted by atomic mass is 10.1. The molecule has 2 aromatic rings. The Hall–Kier alpha value is -3.29. The van der Waals surface area contributed by atoms with Gasteiger partial charge in [0.15, 0.2) is 5.70 Å². The van der Waals surface area contributed by atoms with Crippen LogP contribution in [0, 0.1) is 0 Å². The summed E-state index contributed by atoms with van der Waals surface area (Å²) in [5.41, 5.74) is 0.0779. The number of hydrogen-bond donors (Lipinski definition) is 0. The number of alkyl halides is 3. The molecule has 1 aliphatic rings. The third-order valence-electron chi connectivity index (χ3n) is 3.76. The Morgan fingerprint density at radius 3 is 2.11 bits per heavy atom. The number of halogens is 3. The maximum Gasteiger partial charge on any atom is 0.416 e. The summed E-state index contributed by atoms with van der Waals surface area (Å²) in [6.45, 7) is 0. The number of ether oxygens (including phenoxy) is 3. The van der Waals surface area contributed by atoms with Gasteiger partial charge in [-0.1, -0.05) is 0 Å². The summed E-state index contributed by atoms with van der Waals surface area (Å²) < 4.78 is 53.3. The molecule has 0 aromatic heterocycles. The molecule has 140 valence electrons. The van der Waals surface area contributed by atoms with Gasteiger partial charge < -0.3 is 14.2 Å². The van der Waals surface area contributed by atoms with E-state index in [1.165, 1.54) is 32.4 Å². The van der Waals surface area contributed by atoms with Crippen LogP contribution in [0.15, 0.2) is 53.2 Å². The summed E-state index contributed by atoms with van der Waals surface area (Å²) in [5.74, 6) is 0.292. The molecule has 0 spiro atoms. The van der Waals surface area contributed by atoms with E-state index >= 15 is 0 Å². The highest BCUT2D eigenvalue weighted by Crippen LogP contribution is 2.30. The number of esters is 1. The van der Waals surface area contributed by atoms with Gasteiger partial charge >= 0.3 is 12.1 Å². The molecule has 0 N–H and O–H groups in total. The van der Waals surface area contributed by atoms with E-state index in [-0.39, 0.29) is 17.2 Å². The maximum atomic E-state index is 12.6. The minimum Gasteiger partial charge on any atom is -0.497 e. The molecular formula is C19H14F3NO4. The summed E-state index contributed by atoms with van der Waals surface area (Å²) in [6, 6.07) is 9.23. The zero-order valence-electron chi connectivity index (χ0n) is 14.3. The Balaban J connectivity index is 1.91. The molecule has 5 nitrogen and oxygen atoms in total. The van der Waals surface area contributed by atoms with Gasteiger partial charge in [0, 0.05) is 11.6 Å². The van der Waals surface area contributed by atoms with E-state index in [0.717, 1.165) is 12.1 Å². The molecule has 0 saturated carbocycles.